The van der Waals surface area contributed by atoms with Crippen LogP contribution in [0.25, 0.3) is 0 Å². The van der Waals surface area contributed by atoms with Crippen LogP contribution in [0.5, 0.6) is 0 Å². The molecule has 2 heterocycles. The average molecular weight is 743 g/mol. The van der Waals surface area contributed by atoms with E-state index >= 15 is 0 Å². The zero-order valence-corrected chi connectivity index (χ0v) is 36.7. The molecule has 2 fully saturated rings. The average Bonchev–Trinajstić information content (AvgIpc) is 3.37. The summed E-state index contributed by atoms with van der Waals surface area (Å²) in [5.74, 6) is -1.46. The van der Waals surface area contributed by atoms with Crippen molar-refractivity contribution >= 4 is 26.8 Å². The molecule has 2 aliphatic heterocycles. The Morgan fingerprint density at radius 2 is 0.875 bits per heavy atom. The highest BCUT2D eigenvalue weighted by molar-refractivity contribution is 7.86. The monoisotopic (exact) mass is 742 g/mol. The molecule has 10 nitrogen and oxygen atoms in total. The summed E-state index contributed by atoms with van der Waals surface area (Å²) in [6.07, 6.45) is -1.57. The van der Waals surface area contributed by atoms with Gasteiger partial charge in [-0.2, -0.15) is 8.42 Å². The SMILES string of the molecule is CC(C)[Si](OC[C@@H]1OC(C)(C)O[C@@H]1[C@@H](C)O)(C(C)C)C(C)C.CC(C)[Si](OC[C@@H]1OC(C)(C)O[C@@H]1[C@@H](C)OS(C)(=O)=O)(C(C)C)C(C)C. The number of aliphatic hydroxyl groups excluding tert-OH is 1. The zero-order valence-electron chi connectivity index (χ0n) is 33.9. The fourth-order valence-corrected chi connectivity index (χ4v) is 20.1. The van der Waals surface area contributed by atoms with Gasteiger partial charge in [-0.1, -0.05) is 83.1 Å². The van der Waals surface area contributed by atoms with Crippen molar-refractivity contribution in [2.45, 2.75) is 206 Å². The van der Waals surface area contributed by atoms with Gasteiger partial charge in [0.05, 0.1) is 25.6 Å². The second kappa shape index (κ2) is 17.7. The molecule has 0 unspecified atom stereocenters. The summed E-state index contributed by atoms with van der Waals surface area (Å²) in [6.45, 7) is 38.8. The lowest BCUT2D eigenvalue weighted by Gasteiger charge is -2.43. The predicted octanol–water partition coefficient (Wildman–Crippen LogP) is 8.14. The van der Waals surface area contributed by atoms with Gasteiger partial charge in [0, 0.05) is 0 Å². The molecule has 48 heavy (non-hydrogen) atoms. The second-order valence-corrected chi connectivity index (χ2v) is 29.3. The largest absolute Gasteiger partial charge is 0.413 e. The molecule has 0 amide bonds. The van der Waals surface area contributed by atoms with Crippen LogP contribution in [-0.2, 0) is 42.1 Å². The van der Waals surface area contributed by atoms with Crippen molar-refractivity contribution in [2.24, 2.45) is 0 Å². The highest BCUT2D eigenvalue weighted by atomic mass is 32.2. The van der Waals surface area contributed by atoms with Gasteiger partial charge in [-0.3, -0.25) is 4.18 Å². The molecule has 0 bridgehead atoms. The van der Waals surface area contributed by atoms with E-state index in [9.17, 15) is 13.5 Å². The van der Waals surface area contributed by atoms with Gasteiger partial charge in [-0.15, -0.1) is 0 Å². The van der Waals surface area contributed by atoms with Crippen molar-refractivity contribution in [3.63, 3.8) is 0 Å². The van der Waals surface area contributed by atoms with Gasteiger partial charge >= 0.3 is 0 Å². The van der Waals surface area contributed by atoms with Crippen LogP contribution >= 0.6 is 0 Å². The maximum Gasteiger partial charge on any atom is 0.264 e. The first kappa shape index (κ1) is 46.1. The van der Waals surface area contributed by atoms with Crippen LogP contribution in [-0.4, -0.2) is 97.8 Å². The van der Waals surface area contributed by atoms with Crippen LogP contribution in [0.3, 0.4) is 0 Å². The van der Waals surface area contributed by atoms with Crippen molar-refractivity contribution in [1.82, 2.24) is 0 Å². The summed E-state index contributed by atoms with van der Waals surface area (Å²) in [7, 11) is -7.54. The summed E-state index contributed by atoms with van der Waals surface area (Å²) in [5, 5.41) is 9.96. The third kappa shape index (κ3) is 11.8. The Labute approximate surface area is 297 Å². The van der Waals surface area contributed by atoms with Crippen LogP contribution in [0.4, 0.5) is 0 Å². The molecule has 0 saturated carbocycles. The van der Waals surface area contributed by atoms with Gasteiger partial charge in [0.2, 0.25) is 0 Å². The topological polar surface area (TPSA) is 119 Å². The number of rotatable bonds is 16. The highest BCUT2D eigenvalue weighted by Gasteiger charge is 2.51. The third-order valence-electron chi connectivity index (χ3n) is 10.1. The van der Waals surface area contributed by atoms with E-state index in [2.05, 4.69) is 83.1 Å². The van der Waals surface area contributed by atoms with Crippen LogP contribution in [0, 0.1) is 0 Å². The van der Waals surface area contributed by atoms with E-state index in [1.54, 1.807) is 13.8 Å². The van der Waals surface area contributed by atoms with E-state index in [4.69, 9.17) is 32.0 Å². The molecule has 0 radical (unpaired) electrons. The van der Waals surface area contributed by atoms with Crippen LogP contribution in [0.1, 0.15) is 125 Å². The summed E-state index contributed by atoms with van der Waals surface area (Å²) >= 11 is 0. The molecule has 288 valence electrons. The zero-order chi connectivity index (χ0) is 37.8. The second-order valence-electron chi connectivity index (χ2n) is 16.8. The van der Waals surface area contributed by atoms with E-state index in [-0.39, 0.29) is 18.3 Å². The van der Waals surface area contributed by atoms with E-state index in [1.165, 1.54) is 0 Å². The highest BCUT2D eigenvalue weighted by Crippen LogP contribution is 2.44. The first-order valence-electron chi connectivity index (χ1n) is 18.1. The molecule has 2 aliphatic rings. The summed E-state index contributed by atoms with van der Waals surface area (Å²) in [5.41, 5.74) is 2.98. The third-order valence-corrected chi connectivity index (χ3v) is 22.9. The smallest absolute Gasteiger partial charge is 0.264 e. The number of hydrogen-bond donors (Lipinski definition) is 1. The number of hydrogen-bond acceptors (Lipinski definition) is 10. The Morgan fingerprint density at radius 1 is 0.583 bits per heavy atom. The van der Waals surface area contributed by atoms with Gasteiger partial charge in [0.25, 0.3) is 10.1 Å². The minimum Gasteiger partial charge on any atom is -0.413 e. The lowest BCUT2D eigenvalue weighted by atomic mass is 10.1. The quantitative estimate of drug-likeness (QED) is 0.123. The van der Waals surface area contributed by atoms with Crippen molar-refractivity contribution in [3.8, 4) is 0 Å². The molecule has 0 aromatic carbocycles. The van der Waals surface area contributed by atoms with E-state index in [1.807, 2.05) is 27.7 Å². The standard InChI is InChI=1S/C18H38O6SSi.C17H36O4Si/c1-12(2)26(13(3)4,14(5)6)21-11-16-17(23-18(8,9)22-16)15(7)24-25(10,19)20;1-11(2)22(12(3)4,13(5)6)19-10-15-16(14(7)18)21-17(8,9)20-15/h12-17H,11H2,1-10H3;11-16,18H,10H2,1-9H3/t15-,16+,17-;14-,15+,16-/m11/s1. The molecule has 0 aliphatic carbocycles. The van der Waals surface area contributed by atoms with Gasteiger partial charge in [-0.05, 0) is 74.8 Å². The van der Waals surface area contributed by atoms with Gasteiger partial charge in [0.1, 0.15) is 30.5 Å². The molecule has 0 aromatic heterocycles. The lowest BCUT2D eigenvalue weighted by molar-refractivity contribution is -0.155. The van der Waals surface area contributed by atoms with Crippen LogP contribution in [0.15, 0.2) is 0 Å². The molecule has 2 saturated heterocycles. The Balaban J connectivity index is 0.000000487. The van der Waals surface area contributed by atoms with E-state index in [0.717, 1.165) is 6.26 Å². The van der Waals surface area contributed by atoms with E-state index < -0.39 is 56.6 Å². The maximum absolute atomic E-state index is 11.5. The number of aliphatic hydroxyl groups is 1. The first-order chi connectivity index (χ1) is 21.6. The summed E-state index contributed by atoms with van der Waals surface area (Å²) < 4.78 is 65.2. The Morgan fingerprint density at radius 3 is 1.15 bits per heavy atom. The minimum absolute atomic E-state index is 0.210. The molecular weight excluding hydrogens is 669 g/mol. The fourth-order valence-electron chi connectivity index (χ4n) is 8.57. The lowest BCUT2D eigenvalue weighted by Crippen LogP contribution is -2.50. The van der Waals surface area contributed by atoms with Crippen LogP contribution < -0.4 is 0 Å². The van der Waals surface area contributed by atoms with E-state index in [0.29, 0.717) is 46.5 Å². The van der Waals surface area contributed by atoms with Gasteiger partial charge in [-0.25, -0.2) is 0 Å². The molecule has 13 heteroatoms. The van der Waals surface area contributed by atoms with Crippen molar-refractivity contribution < 1.29 is 45.5 Å². The molecule has 0 aromatic rings. The summed E-state index contributed by atoms with van der Waals surface area (Å²) in [6, 6.07) is 0. The van der Waals surface area contributed by atoms with Crippen LogP contribution in [0.2, 0.25) is 33.2 Å². The Kier molecular flexibility index (Phi) is 17.0. The normalized spacial score (nSPS) is 26.2. The van der Waals surface area contributed by atoms with Gasteiger partial charge in [0.15, 0.2) is 28.2 Å². The van der Waals surface area contributed by atoms with Crippen molar-refractivity contribution in [3.05, 3.63) is 0 Å². The van der Waals surface area contributed by atoms with Crippen molar-refractivity contribution in [2.75, 3.05) is 19.5 Å². The molecule has 1 N–H and O–H groups in total. The van der Waals surface area contributed by atoms with Crippen molar-refractivity contribution in [1.29, 1.82) is 0 Å². The first-order valence-corrected chi connectivity index (χ1v) is 24.2. The molecule has 2 rings (SSSR count). The maximum atomic E-state index is 11.5. The molecule has 6 atom stereocenters. The molecule has 0 spiro atoms. The number of ether oxygens (including phenoxy) is 4. The summed E-state index contributed by atoms with van der Waals surface area (Å²) in [4.78, 5) is 0. The predicted molar refractivity (Wildman–Crippen MR) is 199 cm³/mol. The van der Waals surface area contributed by atoms with Gasteiger partial charge < -0.3 is 32.9 Å². The minimum atomic E-state index is -3.57. The fraction of sp³-hybridized carbons (Fsp3) is 1.00. The Bertz CT molecular complexity index is 1030. The Hall–Kier alpha value is 0.0638. The molecular formula is C35H74O10SSi2.